The molecule has 0 spiro atoms. The molecule has 1 saturated heterocycles. The summed E-state index contributed by atoms with van der Waals surface area (Å²) in [7, 11) is 0. The van der Waals surface area contributed by atoms with Crippen molar-refractivity contribution in [1.29, 1.82) is 0 Å². The number of pyridine rings is 1. The lowest BCUT2D eigenvalue weighted by atomic mass is 10.2. The van der Waals surface area contributed by atoms with Gasteiger partial charge in [-0.3, -0.25) is 9.98 Å². The molecule has 2 rings (SSSR count). The van der Waals surface area contributed by atoms with Crippen LogP contribution in [0.3, 0.4) is 0 Å². The average molecular weight is 388 g/mol. The Hall–Kier alpha value is -0.850. The lowest BCUT2D eigenvalue weighted by molar-refractivity contribution is 0.494. The minimum atomic E-state index is 0. The van der Waals surface area contributed by atoms with Crippen molar-refractivity contribution in [1.82, 2.24) is 15.2 Å². The first-order valence-electron chi connectivity index (χ1n) is 7.24. The zero-order chi connectivity index (χ0) is 13.5. The van der Waals surface area contributed by atoms with Crippen molar-refractivity contribution >= 4 is 29.9 Å². The molecular weight excluding hydrogens is 363 g/mol. The van der Waals surface area contributed by atoms with Gasteiger partial charge < -0.3 is 10.2 Å². The van der Waals surface area contributed by atoms with Crippen LogP contribution in [0.4, 0.5) is 0 Å². The van der Waals surface area contributed by atoms with Gasteiger partial charge in [0.15, 0.2) is 5.96 Å². The molecule has 4 nitrogen and oxygen atoms in total. The standard InChI is InChI=1S/C15H24N4.HI/c1-3-16-15(19-10-4-5-11-19)17-9-8-14-7-6-13(2)18-12-14;/h6-7,12H,3-5,8-11H2,1-2H3,(H,16,17);1H. The average Bonchev–Trinajstić information content (AvgIpc) is 2.94. The van der Waals surface area contributed by atoms with Crippen LogP contribution in [0.25, 0.3) is 0 Å². The molecule has 1 aromatic heterocycles. The summed E-state index contributed by atoms with van der Waals surface area (Å²) in [6.07, 6.45) is 5.47. The first kappa shape index (κ1) is 17.2. The van der Waals surface area contributed by atoms with Gasteiger partial charge in [0.2, 0.25) is 0 Å². The summed E-state index contributed by atoms with van der Waals surface area (Å²) in [6.45, 7) is 8.16. The number of guanidine groups is 1. The topological polar surface area (TPSA) is 40.5 Å². The van der Waals surface area contributed by atoms with Crippen LogP contribution in [-0.4, -0.2) is 42.0 Å². The van der Waals surface area contributed by atoms with Gasteiger partial charge in [-0.1, -0.05) is 6.07 Å². The number of rotatable bonds is 4. The molecular formula is C15H25IN4. The highest BCUT2D eigenvalue weighted by molar-refractivity contribution is 14.0. The van der Waals surface area contributed by atoms with E-state index in [9.17, 15) is 0 Å². The second kappa shape index (κ2) is 9.15. The number of hydrogen-bond acceptors (Lipinski definition) is 2. The van der Waals surface area contributed by atoms with E-state index in [2.05, 4.69) is 34.3 Å². The van der Waals surface area contributed by atoms with Crippen LogP contribution in [0.2, 0.25) is 0 Å². The maximum Gasteiger partial charge on any atom is 0.193 e. The van der Waals surface area contributed by atoms with Crippen molar-refractivity contribution in [3.63, 3.8) is 0 Å². The van der Waals surface area contributed by atoms with Crippen LogP contribution in [0.5, 0.6) is 0 Å². The molecule has 0 unspecified atom stereocenters. The van der Waals surface area contributed by atoms with Crippen LogP contribution >= 0.6 is 24.0 Å². The predicted octanol–water partition coefficient (Wildman–Crippen LogP) is 2.61. The predicted molar refractivity (Wildman–Crippen MR) is 94.9 cm³/mol. The third kappa shape index (κ3) is 5.26. The van der Waals surface area contributed by atoms with Gasteiger partial charge in [-0.05, 0) is 44.7 Å². The molecule has 0 radical (unpaired) electrons. The highest BCUT2D eigenvalue weighted by Gasteiger charge is 2.14. The Morgan fingerprint density at radius 1 is 1.35 bits per heavy atom. The molecule has 1 aromatic rings. The Morgan fingerprint density at radius 2 is 2.10 bits per heavy atom. The van der Waals surface area contributed by atoms with Crippen molar-refractivity contribution in [2.24, 2.45) is 4.99 Å². The quantitative estimate of drug-likeness (QED) is 0.490. The minimum absolute atomic E-state index is 0. The molecule has 1 aliphatic rings. The summed E-state index contributed by atoms with van der Waals surface area (Å²) in [5, 5.41) is 3.38. The van der Waals surface area contributed by atoms with Gasteiger partial charge in [0, 0.05) is 38.1 Å². The second-order valence-corrected chi connectivity index (χ2v) is 4.99. The van der Waals surface area contributed by atoms with Gasteiger partial charge >= 0.3 is 0 Å². The molecule has 112 valence electrons. The van der Waals surface area contributed by atoms with Crippen LogP contribution < -0.4 is 5.32 Å². The first-order valence-corrected chi connectivity index (χ1v) is 7.24. The largest absolute Gasteiger partial charge is 0.357 e. The van der Waals surface area contributed by atoms with E-state index in [1.165, 1.54) is 18.4 Å². The Labute approximate surface area is 139 Å². The molecule has 0 aliphatic carbocycles. The van der Waals surface area contributed by atoms with Gasteiger partial charge in [0.05, 0.1) is 0 Å². The maximum absolute atomic E-state index is 4.72. The highest BCUT2D eigenvalue weighted by Crippen LogP contribution is 2.07. The van der Waals surface area contributed by atoms with E-state index in [-0.39, 0.29) is 24.0 Å². The lowest BCUT2D eigenvalue weighted by Gasteiger charge is -2.20. The van der Waals surface area contributed by atoms with E-state index in [1.54, 1.807) is 0 Å². The summed E-state index contributed by atoms with van der Waals surface area (Å²) in [5.41, 5.74) is 2.32. The third-order valence-electron chi connectivity index (χ3n) is 3.38. The number of halogens is 1. The molecule has 1 fully saturated rings. The fourth-order valence-corrected chi connectivity index (χ4v) is 2.29. The number of nitrogens with zero attached hydrogens (tertiary/aromatic N) is 3. The zero-order valence-corrected chi connectivity index (χ0v) is 14.8. The van der Waals surface area contributed by atoms with E-state index < -0.39 is 0 Å². The zero-order valence-electron chi connectivity index (χ0n) is 12.4. The molecule has 20 heavy (non-hydrogen) atoms. The Kier molecular flexibility index (Phi) is 7.87. The normalized spacial score (nSPS) is 15.1. The van der Waals surface area contributed by atoms with Crippen molar-refractivity contribution in [3.8, 4) is 0 Å². The van der Waals surface area contributed by atoms with Gasteiger partial charge in [-0.2, -0.15) is 0 Å². The number of likely N-dealkylation sites (tertiary alicyclic amines) is 1. The molecule has 5 heteroatoms. The third-order valence-corrected chi connectivity index (χ3v) is 3.38. The number of aromatic nitrogens is 1. The van der Waals surface area contributed by atoms with Crippen molar-refractivity contribution in [2.75, 3.05) is 26.2 Å². The first-order chi connectivity index (χ1) is 9.29. The van der Waals surface area contributed by atoms with E-state index in [4.69, 9.17) is 4.99 Å². The minimum Gasteiger partial charge on any atom is -0.357 e. The fraction of sp³-hybridized carbons (Fsp3) is 0.600. The summed E-state index contributed by atoms with van der Waals surface area (Å²) in [5.74, 6) is 1.07. The van der Waals surface area contributed by atoms with E-state index in [1.807, 2.05) is 13.1 Å². The van der Waals surface area contributed by atoms with Gasteiger partial charge in [-0.15, -0.1) is 24.0 Å². The molecule has 2 heterocycles. The van der Waals surface area contributed by atoms with Crippen molar-refractivity contribution in [3.05, 3.63) is 29.6 Å². The van der Waals surface area contributed by atoms with Crippen LogP contribution in [0.15, 0.2) is 23.3 Å². The summed E-state index contributed by atoms with van der Waals surface area (Å²) in [6, 6.07) is 4.20. The smallest absolute Gasteiger partial charge is 0.193 e. The maximum atomic E-state index is 4.72. The summed E-state index contributed by atoms with van der Waals surface area (Å²) < 4.78 is 0. The molecule has 0 saturated carbocycles. The summed E-state index contributed by atoms with van der Waals surface area (Å²) in [4.78, 5) is 11.4. The molecule has 0 aromatic carbocycles. The Morgan fingerprint density at radius 3 is 2.70 bits per heavy atom. The lowest BCUT2D eigenvalue weighted by Crippen LogP contribution is -2.39. The SMILES string of the molecule is CCNC(=NCCc1ccc(C)nc1)N1CCCC1.I. The van der Waals surface area contributed by atoms with Crippen molar-refractivity contribution < 1.29 is 0 Å². The fourth-order valence-electron chi connectivity index (χ4n) is 2.29. The van der Waals surface area contributed by atoms with E-state index in [0.717, 1.165) is 44.3 Å². The van der Waals surface area contributed by atoms with Crippen LogP contribution in [0.1, 0.15) is 31.0 Å². The highest BCUT2D eigenvalue weighted by atomic mass is 127. The molecule has 0 bridgehead atoms. The van der Waals surface area contributed by atoms with Crippen LogP contribution in [0, 0.1) is 6.92 Å². The monoisotopic (exact) mass is 388 g/mol. The Balaban J connectivity index is 0.00000200. The molecule has 1 N–H and O–H groups in total. The van der Waals surface area contributed by atoms with E-state index >= 15 is 0 Å². The molecule has 1 aliphatic heterocycles. The number of aryl methyl sites for hydroxylation is 1. The van der Waals surface area contributed by atoms with Gasteiger partial charge in [-0.25, -0.2) is 0 Å². The van der Waals surface area contributed by atoms with E-state index in [0.29, 0.717) is 0 Å². The van der Waals surface area contributed by atoms with Crippen LogP contribution in [-0.2, 0) is 6.42 Å². The number of nitrogens with one attached hydrogen (secondary N) is 1. The van der Waals surface area contributed by atoms with Crippen molar-refractivity contribution in [2.45, 2.75) is 33.1 Å². The second-order valence-electron chi connectivity index (χ2n) is 4.99. The summed E-state index contributed by atoms with van der Waals surface area (Å²) >= 11 is 0. The van der Waals surface area contributed by atoms with Gasteiger partial charge in [0.25, 0.3) is 0 Å². The Bertz CT molecular complexity index is 410. The van der Waals surface area contributed by atoms with Gasteiger partial charge in [0.1, 0.15) is 0 Å². The number of hydrogen-bond donors (Lipinski definition) is 1. The molecule has 0 amide bonds. The molecule has 0 atom stereocenters. The number of aliphatic imine (C=N–C) groups is 1.